The fourth-order valence-corrected chi connectivity index (χ4v) is 3.86. The Morgan fingerprint density at radius 2 is 1.84 bits per heavy atom. The molecule has 1 N–H and O–H groups in total. The molecule has 1 saturated carbocycles. The molecule has 0 unspecified atom stereocenters. The second-order valence-electron chi connectivity index (χ2n) is 6.51. The largest absolute Gasteiger partial charge is 0.326 e. The quantitative estimate of drug-likeness (QED) is 0.651. The van der Waals surface area contributed by atoms with Crippen LogP contribution in [0.25, 0.3) is 21.7 Å². The van der Waals surface area contributed by atoms with E-state index < -0.39 is 0 Å². The fraction of sp³-hybridized carbons (Fsp3) is 0.238. The summed E-state index contributed by atoms with van der Waals surface area (Å²) in [6.07, 6.45) is 6.14. The Morgan fingerprint density at radius 3 is 2.48 bits per heavy atom. The van der Waals surface area contributed by atoms with Crippen molar-refractivity contribution in [2.75, 3.05) is 5.32 Å². The van der Waals surface area contributed by atoms with Crippen molar-refractivity contribution in [1.29, 1.82) is 0 Å². The Morgan fingerprint density at radius 1 is 1.08 bits per heavy atom. The molecule has 1 aliphatic rings. The summed E-state index contributed by atoms with van der Waals surface area (Å²) in [5.41, 5.74) is 4.28. The molecule has 0 atom stereocenters. The summed E-state index contributed by atoms with van der Waals surface area (Å²) in [5.74, 6) is 0.713. The Balaban J connectivity index is 1.52. The van der Waals surface area contributed by atoms with Gasteiger partial charge in [-0.15, -0.1) is 11.3 Å². The van der Waals surface area contributed by atoms with Crippen molar-refractivity contribution < 1.29 is 4.79 Å². The first-order valence-electron chi connectivity index (χ1n) is 8.69. The van der Waals surface area contributed by atoms with E-state index in [1.165, 1.54) is 19.3 Å². The van der Waals surface area contributed by atoms with E-state index in [4.69, 9.17) is 0 Å². The maximum Gasteiger partial charge on any atom is 0.224 e. The molecule has 0 aliphatic heterocycles. The molecular formula is C21H20N2OS. The highest BCUT2D eigenvalue weighted by Gasteiger charge is 2.20. The minimum Gasteiger partial charge on any atom is -0.326 e. The summed E-state index contributed by atoms with van der Waals surface area (Å²) >= 11 is 1.64. The lowest BCUT2D eigenvalue weighted by atomic mass is 9.83. The molecule has 3 aromatic rings. The van der Waals surface area contributed by atoms with E-state index >= 15 is 0 Å². The van der Waals surface area contributed by atoms with Crippen LogP contribution in [0.2, 0.25) is 0 Å². The average molecular weight is 348 g/mol. The number of anilines is 1. The van der Waals surface area contributed by atoms with Crippen LogP contribution in [0.15, 0.2) is 60.1 Å². The van der Waals surface area contributed by atoms with E-state index in [2.05, 4.69) is 34.6 Å². The Labute approximate surface area is 151 Å². The second-order valence-corrected chi connectivity index (χ2v) is 7.40. The number of aromatic nitrogens is 1. The molecule has 4 heteroatoms. The highest BCUT2D eigenvalue weighted by Crippen LogP contribution is 2.34. The maximum absolute atomic E-state index is 12.1. The second kappa shape index (κ2) is 7.19. The number of thiazole rings is 1. The van der Waals surface area contributed by atoms with Gasteiger partial charge in [0.25, 0.3) is 0 Å². The van der Waals surface area contributed by atoms with Crippen molar-refractivity contribution in [3.8, 4) is 21.7 Å². The number of nitrogens with zero attached hydrogens (tertiary/aromatic N) is 1. The Kier molecular flexibility index (Phi) is 4.61. The molecule has 3 nitrogen and oxygen atoms in total. The summed E-state index contributed by atoms with van der Waals surface area (Å²) < 4.78 is 0. The molecule has 1 amide bonds. The predicted octanol–water partition coefficient (Wildman–Crippen LogP) is 5.61. The first-order chi connectivity index (χ1) is 12.3. The van der Waals surface area contributed by atoms with Crippen LogP contribution < -0.4 is 5.32 Å². The van der Waals surface area contributed by atoms with Crippen LogP contribution in [0.5, 0.6) is 0 Å². The van der Waals surface area contributed by atoms with Gasteiger partial charge in [-0.3, -0.25) is 4.79 Å². The van der Waals surface area contributed by atoms with Crippen molar-refractivity contribution in [2.45, 2.75) is 25.7 Å². The topological polar surface area (TPSA) is 42.0 Å². The van der Waals surface area contributed by atoms with E-state index in [0.717, 1.165) is 27.4 Å². The van der Waals surface area contributed by atoms with E-state index in [1.807, 2.05) is 35.8 Å². The van der Waals surface area contributed by atoms with Crippen molar-refractivity contribution in [3.63, 3.8) is 0 Å². The number of carbonyl (C=O) groups excluding carboxylic acids is 1. The molecule has 126 valence electrons. The summed E-state index contributed by atoms with van der Waals surface area (Å²) in [6, 6.07) is 16.4. The van der Waals surface area contributed by atoms with Crippen LogP contribution in [-0.4, -0.2) is 10.9 Å². The van der Waals surface area contributed by atoms with Crippen LogP contribution in [0, 0.1) is 5.92 Å². The van der Waals surface area contributed by atoms with Crippen LogP contribution in [0.3, 0.4) is 0 Å². The first kappa shape index (κ1) is 16.0. The zero-order valence-electron chi connectivity index (χ0n) is 13.9. The Bertz CT molecular complexity index is 852. The lowest BCUT2D eigenvalue weighted by Gasteiger charge is -2.24. The highest BCUT2D eigenvalue weighted by molar-refractivity contribution is 7.13. The van der Waals surface area contributed by atoms with Crippen molar-refractivity contribution in [2.24, 2.45) is 5.92 Å². The molecule has 4 rings (SSSR count). The third-order valence-electron chi connectivity index (χ3n) is 4.77. The van der Waals surface area contributed by atoms with Gasteiger partial charge in [-0.1, -0.05) is 42.8 Å². The molecule has 1 heterocycles. The molecule has 1 fully saturated rings. The molecule has 0 radical (unpaired) electrons. The average Bonchev–Trinajstić information content (AvgIpc) is 3.13. The number of benzene rings is 2. The van der Waals surface area contributed by atoms with E-state index in [1.54, 1.807) is 11.3 Å². The standard InChI is InChI=1S/C21H20N2OS/c24-20(14-15-4-3-5-15)23-17-10-8-16(9-11-17)18-6-1-2-7-19(18)21-22-12-13-25-21/h1-2,6-13,15H,3-5,14H2,(H,23,24). The van der Waals surface area contributed by atoms with Gasteiger partial charge in [0.2, 0.25) is 5.91 Å². The third kappa shape index (κ3) is 3.64. The molecule has 1 aliphatic carbocycles. The normalized spacial score (nSPS) is 14.1. The lowest BCUT2D eigenvalue weighted by Crippen LogP contribution is -2.20. The van der Waals surface area contributed by atoms with Gasteiger partial charge in [0.15, 0.2) is 0 Å². The number of hydrogen-bond acceptors (Lipinski definition) is 3. The van der Waals surface area contributed by atoms with Gasteiger partial charge in [-0.2, -0.15) is 0 Å². The molecule has 0 spiro atoms. The van der Waals surface area contributed by atoms with Crippen LogP contribution in [0.4, 0.5) is 5.69 Å². The molecule has 2 aromatic carbocycles. The summed E-state index contributed by atoms with van der Waals surface area (Å²) in [7, 11) is 0. The Hall–Kier alpha value is -2.46. The first-order valence-corrected chi connectivity index (χ1v) is 9.57. The fourth-order valence-electron chi connectivity index (χ4n) is 3.18. The smallest absolute Gasteiger partial charge is 0.224 e. The SMILES string of the molecule is O=C(CC1CCC1)Nc1ccc(-c2ccccc2-c2nccs2)cc1. The number of rotatable bonds is 5. The lowest BCUT2D eigenvalue weighted by molar-refractivity contribution is -0.117. The van der Waals surface area contributed by atoms with Crippen LogP contribution in [0.1, 0.15) is 25.7 Å². The van der Waals surface area contributed by atoms with E-state index in [9.17, 15) is 4.79 Å². The number of amides is 1. The number of hydrogen-bond donors (Lipinski definition) is 1. The van der Waals surface area contributed by atoms with Gasteiger partial charge in [0.05, 0.1) is 0 Å². The van der Waals surface area contributed by atoms with Gasteiger partial charge in [0.1, 0.15) is 5.01 Å². The van der Waals surface area contributed by atoms with Gasteiger partial charge >= 0.3 is 0 Å². The molecule has 25 heavy (non-hydrogen) atoms. The molecule has 1 aromatic heterocycles. The van der Waals surface area contributed by atoms with Crippen LogP contribution in [-0.2, 0) is 4.79 Å². The van der Waals surface area contributed by atoms with Crippen molar-refractivity contribution in [1.82, 2.24) is 4.98 Å². The summed E-state index contributed by atoms with van der Waals surface area (Å²) in [4.78, 5) is 16.5. The zero-order chi connectivity index (χ0) is 17.1. The number of carbonyl (C=O) groups is 1. The monoisotopic (exact) mass is 348 g/mol. The van der Waals surface area contributed by atoms with Gasteiger partial charge in [0, 0.05) is 29.2 Å². The van der Waals surface area contributed by atoms with E-state index in [-0.39, 0.29) is 5.91 Å². The van der Waals surface area contributed by atoms with Crippen LogP contribution >= 0.6 is 11.3 Å². The zero-order valence-corrected chi connectivity index (χ0v) is 14.8. The highest BCUT2D eigenvalue weighted by atomic mass is 32.1. The van der Waals surface area contributed by atoms with E-state index in [0.29, 0.717) is 12.3 Å². The minimum atomic E-state index is 0.126. The van der Waals surface area contributed by atoms with Gasteiger partial charge < -0.3 is 5.32 Å². The minimum absolute atomic E-state index is 0.126. The maximum atomic E-state index is 12.1. The predicted molar refractivity (Wildman–Crippen MR) is 104 cm³/mol. The van der Waals surface area contributed by atoms with Crippen molar-refractivity contribution >= 4 is 22.9 Å². The van der Waals surface area contributed by atoms with Gasteiger partial charge in [-0.25, -0.2) is 4.98 Å². The summed E-state index contributed by atoms with van der Waals surface area (Å²) in [5, 5.41) is 6.03. The third-order valence-corrected chi connectivity index (χ3v) is 5.57. The van der Waals surface area contributed by atoms with Crippen molar-refractivity contribution in [3.05, 3.63) is 60.1 Å². The van der Waals surface area contributed by atoms with Gasteiger partial charge in [-0.05, 0) is 42.0 Å². The molecular weight excluding hydrogens is 328 g/mol. The molecule has 0 bridgehead atoms. The summed E-state index contributed by atoms with van der Waals surface area (Å²) in [6.45, 7) is 0. The number of nitrogens with one attached hydrogen (secondary N) is 1. The molecule has 0 saturated heterocycles.